The Hall–Kier alpha value is -3.94. The van der Waals surface area contributed by atoms with Gasteiger partial charge in [0.15, 0.2) is 0 Å². The molecule has 0 radical (unpaired) electrons. The first-order valence-corrected chi connectivity index (χ1v) is 30.3. The van der Waals surface area contributed by atoms with Crippen molar-refractivity contribution in [1.29, 1.82) is 0 Å². The molecule has 224 valence electrons. The average molecular weight is 759 g/mol. The number of rotatable bonds is 4. The van der Waals surface area contributed by atoms with Gasteiger partial charge in [0.25, 0.3) is 0 Å². The summed E-state index contributed by atoms with van der Waals surface area (Å²) in [5.41, 5.74) is 11.4. The van der Waals surface area contributed by atoms with Gasteiger partial charge >= 0.3 is 275 Å². The average Bonchev–Trinajstić information content (AvgIpc) is 3.89. The fourth-order valence-corrected chi connectivity index (χ4v) is 34.8. The summed E-state index contributed by atoms with van der Waals surface area (Å²) in [6, 6.07) is 45.7. The Labute approximate surface area is 273 Å². The molecule has 3 aliphatic carbocycles. The van der Waals surface area contributed by atoms with Crippen LogP contribution in [0.1, 0.15) is 55.3 Å². The van der Waals surface area contributed by atoms with Gasteiger partial charge in [0.05, 0.1) is 0 Å². The van der Waals surface area contributed by atoms with Gasteiger partial charge in [-0.2, -0.15) is 0 Å². The molecule has 0 aromatic heterocycles. The fourth-order valence-electron chi connectivity index (χ4n) is 9.66. The summed E-state index contributed by atoms with van der Waals surface area (Å²) in [7, 11) is 0. The van der Waals surface area contributed by atoms with Gasteiger partial charge in [0.1, 0.15) is 0 Å². The molecule has 0 amide bonds. The van der Waals surface area contributed by atoms with E-state index in [4.69, 9.17) is 0 Å². The predicted octanol–water partition coefficient (Wildman–Crippen LogP) is 12.7. The van der Waals surface area contributed by atoms with E-state index in [1.807, 2.05) is 3.26 Å². The number of allylic oxidation sites excluding steroid dienone is 2. The fraction of sp³-hybridized carbons (Fsp3) is 0.178. The number of fused-ring (bicyclic) bond motifs is 4. The van der Waals surface area contributed by atoms with Crippen LogP contribution in [0.4, 0.5) is 0 Å². The standard InChI is InChI=1S/2C19H13.C5H8.2CH3.Hf/c2*1-2-6-16-13-17(12-11-14(16)5-1)19-10-4-8-15-7-3-9-18(15)19;1-2-4-5-3-1;;;/h2*1-13H;1-4H2;2*1H3;. The second-order valence-corrected chi connectivity index (χ2v) is 40.6. The molecule has 0 bridgehead atoms. The SMILES string of the molecule is [CH3][Hf]([CH3])(=[C]1CCCC1)([CH]1C=Cc2c(-c3ccc4ccccc4c3)cccc21)[CH]1C=Cc2c(-c3ccc4ccccc4c3)cccc21. The molecule has 1 fully saturated rings. The maximum atomic E-state index is 2.83. The van der Waals surface area contributed by atoms with Crippen LogP contribution in [-0.4, -0.2) is 3.26 Å². The number of benzene rings is 6. The van der Waals surface area contributed by atoms with Crippen LogP contribution >= 0.6 is 0 Å². The van der Waals surface area contributed by atoms with Gasteiger partial charge in [0.2, 0.25) is 0 Å². The molecule has 6 aromatic carbocycles. The van der Waals surface area contributed by atoms with Gasteiger partial charge in [-0.1, -0.05) is 0 Å². The van der Waals surface area contributed by atoms with Crippen molar-refractivity contribution in [3.8, 4) is 22.3 Å². The van der Waals surface area contributed by atoms with Crippen molar-refractivity contribution < 1.29 is 18.0 Å². The van der Waals surface area contributed by atoms with E-state index in [1.165, 1.54) is 80.6 Å². The molecule has 0 aliphatic heterocycles. The molecule has 6 aromatic rings. The van der Waals surface area contributed by atoms with Gasteiger partial charge in [-0.05, 0) is 0 Å². The minimum atomic E-state index is -3.97. The van der Waals surface area contributed by atoms with E-state index in [-0.39, 0.29) is 0 Å². The summed E-state index contributed by atoms with van der Waals surface area (Å²) < 4.78 is 8.62. The summed E-state index contributed by atoms with van der Waals surface area (Å²) in [4.78, 5) is 0. The molecule has 0 heterocycles. The quantitative estimate of drug-likeness (QED) is 0.157. The zero-order valence-corrected chi connectivity index (χ0v) is 30.4. The first kappa shape index (κ1) is 28.3. The molecular weight excluding hydrogens is 719 g/mol. The topological polar surface area (TPSA) is 0 Å². The maximum absolute atomic E-state index is 3.97. The van der Waals surface area contributed by atoms with E-state index in [9.17, 15) is 0 Å². The third-order valence-electron chi connectivity index (χ3n) is 12.2. The zero-order chi connectivity index (χ0) is 30.9. The van der Waals surface area contributed by atoms with Crippen LogP contribution in [0.5, 0.6) is 0 Å². The Bertz CT molecular complexity index is 2180. The van der Waals surface area contributed by atoms with E-state index in [0.717, 1.165) is 0 Å². The normalized spacial score (nSPS) is 18.9. The van der Waals surface area contributed by atoms with Crippen LogP contribution in [0.15, 0.2) is 133 Å². The van der Waals surface area contributed by atoms with Crippen molar-refractivity contribution in [3.05, 3.63) is 156 Å². The molecule has 0 nitrogen and oxygen atoms in total. The van der Waals surface area contributed by atoms with Crippen LogP contribution in [0, 0.1) is 0 Å². The molecule has 0 spiro atoms. The van der Waals surface area contributed by atoms with Crippen LogP contribution < -0.4 is 0 Å². The number of hydrogen-bond donors (Lipinski definition) is 0. The molecular formula is C45H40Hf. The van der Waals surface area contributed by atoms with Gasteiger partial charge in [0, 0.05) is 0 Å². The van der Waals surface area contributed by atoms with Crippen LogP contribution in [-0.2, 0) is 18.0 Å². The van der Waals surface area contributed by atoms with Gasteiger partial charge < -0.3 is 0 Å². The Kier molecular flexibility index (Phi) is 6.48. The Morgan fingerprint density at radius 3 is 1.41 bits per heavy atom. The molecule has 3 aliphatic rings. The summed E-state index contributed by atoms with van der Waals surface area (Å²) in [6.45, 7) is 0. The second-order valence-electron chi connectivity index (χ2n) is 14.8. The van der Waals surface area contributed by atoms with E-state index >= 15 is 0 Å². The van der Waals surface area contributed by atoms with Crippen LogP contribution in [0.25, 0.3) is 56.0 Å². The van der Waals surface area contributed by atoms with E-state index in [0.29, 0.717) is 7.35 Å². The minimum absolute atomic E-state index is 0.505. The van der Waals surface area contributed by atoms with Crippen molar-refractivity contribution in [2.24, 2.45) is 0 Å². The first-order valence-electron chi connectivity index (χ1n) is 17.1. The molecule has 46 heavy (non-hydrogen) atoms. The van der Waals surface area contributed by atoms with Crippen LogP contribution in [0.2, 0.25) is 9.36 Å². The van der Waals surface area contributed by atoms with Crippen molar-refractivity contribution in [1.82, 2.24) is 0 Å². The predicted molar refractivity (Wildman–Crippen MR) is 198 cm³/mol. The second kappa shape index (κ2) is 10.5. The molecule has 1 saturated carbocycles. The molecule has 1 heteroatoms. The van der Waals surface area contributed by atoms with E-state index in [1.54, 1.807) is 11.1 Å². The van der Waals surface area contributed by atoms with Gasteiger partial charge in [-0.3, -0.25) is 0 Å². The van der Waals surface area contributed by atoms with Crippen molar-refractivity contribution in [3.63, 3.8) is 0 Å². The molecule has 0 saturated heterocycles. The van der Waals surface area contributed by atoms with Crippen LogP contribution in [0.3, 0.4) is 0 Å². The van der Waals surface area contributed by atoms with Crippen molar-refractivity contribution in [2.45, 2.75) is 42.4 Å². The van der Waals surface area contributed by atoms with Crippen molar-refractivity contribution in [2.75, 3.05) is 0 Å². The van der Waals surface area contributed by atoms with Crippen molar-refractivity contribution >= 4 is 37.0 Å². The third kappa shape index (κ3) is 4.17. The zero-order valence-electron chi connectivity index (χ0n) is 26.8. The summed E-state index contributed by atoms with van der Waals surface area (Å²) in [5, 5.41) is 5.22. The molecule has 0 N–H and O–H groups in total. The number of hydrogen-bond acceptors (Lipinski definition) is 0. The Morgan fingerprint density at radius 1 is 0.478 bits per heavy atom. The molecule has 9 rings (SSSR count). The molecule has 2 atom stereocenters. The third-order valence-corrected chi connectivity index (χ3v) is 39.4. The van der Waals surface area contributed by atoms with Gasteiger partial charge in [-0.25, -0.2) is 0 Å². The summed E-state index contributed by atoms with van der Waals surface area (Å²) in [6.07, 6.45) is 15.6. The molecule has 2 unspecified atom stereocenters. The first-order chi connectivity index (χ1) is 22.5. The van der Waals surface area contributed by atoms with Gasteiger partial charge in [-0.15, -0.1) is 0 Å². The van der Waals surface area contributed by atoms with E-state index < -0.39 is 18.0 Å². The Morgan fingerprint density at radius 2 is 0.935 bits per heavy atom. The monoisotopic (exact) mass is 760 g/mol. The van der Waals surface area contributed by atoms with E-state index in [2.05, 4.69) is 155 Å². The summed E-state index contributed by atoms with van der Waals surface area (Å²) in [5.74, 6) is 0. The Balaban J connectivity index is 1.19. The summed E-state index contributed by atoms with van der Waals surface area (Å²) >= 11 is -3.97.